The second-order valence-electron chi connectivity index (χ2n) is 5.64. The molecule has 1 aliphatic rings. The maximum absolute atomic E-state index is 13.5. The Morgan fingerprint density at radius 2 is 2.09 bits per heavy atom. The van der Waals surface area contributed by atoms with E-state index in [9.17, 15) is 14.0 Å². The summed E-state index contributed by atoms with van der Waals surface area (Å²) in [5.74, 6) is -1.57. The van der Waals surface area contributed by atoms with Gasteiger partial charge in [-0.2, -0.15) is 0 Å². The lowest BCUT2D eigenvalue weighted by atomic mass is 9.86. The summed E-state index contributed by atoms with van der Waals surface area (Å²) in [4.78, 5) is 23.6. The van der Waals surface area contributed by atoms with Gasteiger partial charge in [0.2, 0.25) is 0 Å². The molecule has 1 N–H and O–H groups in total. The van der Waals surface area contributed by atoms with E-state index in [0.29, 0.717) is 5.92 Å². The molecule has 120 valence electrons. The van der Waals surface area contributed by atoms with Crippen LogP contribution in [0.2, 0.25) is 5.02 Å². The monoisotopic (exact) mass is 327 g/mol. The fraction of sp³-hybridized carbons (Fsp3) is 0.500. The Hall–Kier alpha value is -1.62. The molecule has 1 aromatic carbocycles. The molecule has 0 heterocycles. The van der Waals surface area contributed by atoms with Crippen LogP contribution in [0.5, 0.6) is 0 Å². The Morgan fingerprint density at radius 1 is 1.36 bits per heavy atom. The van der Waals surface area contributed by atoms with E-state index >= 15 is 0 Å². The number of carbonyl (C=O) groups is 2. The van der Waals surface area contributed by atoms with E-state index < -0.39 is 18.4 Å². The van der Waals surface area contributed by atoms with Crippen LogP contribution in [0.25, 0.3) is 0 Å². The first-order chi connectivity index (χ1) is 10.5. The lowest BCUT2D eigenvalue weighted by Crippen LogP contribution is -2.42. The van der Waals surface area contributed by atoms with Crippen molar-refractivity contribution < 1.29 is 18.7 Å². The first kappa shape index (κ1) is 16.7. The molecule has 2 rings (SSSR count). The molecule has 1 aromatic rings. The van der Waals surface area contributed by atoms with Gasteiger partial charge in [-0.3, -0.25) is 4.79 Å². The van der Waals surface area contributed by atoms with E-state index in [4.69, 9.17) is 16.3 Å². The summed E-state index contributed by atoms with van der Waals surface area (Å²) >= 11 is 5.71. The van der Waals surface area contributed by atoms with Crippen molar-refractivity contribution in [3.8, 4) is 0 Å². The number of hydrogen-bond acceptors (Lipinski definition) is 3. The van der Waals surface area contributed by atoms with E-state index in [0.717, 1.165) is 25.3 Å². The predicted octanol–water partition coefficient (Wildman–Crippen LogP) is 3.33. The minimum atomic E-state index is -0.896. The minimum Gasteiger partial charge on any atom is -0.452 e. The van der Waals surface area contributed by atoms with E-state index in [2.05, 4.69) is 12.2 Å². The van der Waals surface area contributed by atoms with Gasteiger partial charge in [0.25, 0.3) is 5.91 Å². The maximum atomic E-state index is 13.5. The van der Waals surface area contributed by atoms with Crippen LogP contribution >= 0.6 is 11.6 Å². The van der Waals surface area contributed by atoms with Crippen molar-refractivity contribution in [1.82, 2.24) is 5.32 Å². The zero-order valence-electron chi connectivity index (χ0n) is 12.4. The molecule has 0 unspecified atom stereocenters. The largest absolute Gasteiger partial charge is 0.452 e. The van der Waals surface area contributed by atoms with Crippen molar-refractivity contribution in [2.45, 2.75) is 38.6 Å². The van der Waals surface area contributed by atoms with Gasteiger partial charge in [-0.25, -0.2) is 9.18 Å². The average Bonchev–Trinajstić information content (AvgIpc) is 2.49. The van der Waals surface area contributed by atoms with Gasteiger partial charge in [-0.15, -0.1) is 0 Å². The lowest BCUT2D eigenvalue weighted by molar-refractivity contribution is -0.125. The number of benzene rings is 1. The highest BCUT2D eigenvalue weighted by Crippen LogP contribution is 2.23. The second kappa shape index (κ2) is 7.58. The van der Waals surface area contributed by atoms with Crippen LogP contribution in [0.4, 0.5) is 4.39 Å². The molecule has 0 aromatic heterocycles. The van der Waals surface area contributed by atoms with Crippen molar-refractivity contribution >= 4 is 23.5 Å². The summed E-state index contributed by atoms with van der Waals surface area (Å²) in [7, 11) is 0. The first-order valence-electron chi connectivity index (χ1n) is 7.39. The fourth-order valence-electron chi connectivity index (χ4n) is 2.64. The summed E-state index contributed by atoms with van der Waals surface area (Å²) < 4.78 is 18.4. The Bertz CT molecular complexity index is 564. The number of carbonyl (C=O) groups excluding carboxylic acids is 2. The van der Waals surface area contributed by atoms with Crippen LogP contribution in [0.3, 0.4) is 0 Å². The molecule has 6 heteroatoms. The predicted molar refractivity (Wildman–Crippen MR) is 81.3 cm³/mol. The molecule has 1 fully saturated rings. The van der Waals surface area contributed by atoms with E-state index in [1.807, 2.05) is 0 Å². The molecule has 1 aliphatic carbocycles. The molecule has 2 atom stereocenters. The Labute approximate surface area is 134 Å². The third kappa shape index (κ3) is 4.44. The number of hydrogen-bond donors (Lipinski definition) is 1. The number of ether oxygens (including phenoxy) is 1. The Kier molecular flexibility index (Phi) is 5.77. The second-order valence-corrected chi connectivity index (χ2v) is 6.07. The lowest BCUT2D eigenvalue weighted by Gasteiger charge is -2.29. The number of halogens is 2. The van der Waals surface area contributed by atoms with Crippen molar-refractivity contribution in [3.63, 3.8) is 0 Å². The maximum Gasteiger partial charge on any atom is 0.341 e. The van der Waals surface area contributed by atoms with Crippen LogP contribution in [0, 0.1) is 11.7 Å². The number of nitrogens with one attached hydrogen (secondary N) is 1. The van der Waals surface area contributed by atoms with Crippen molar-refractivity contribution in [2.24, 2.45) is 5.92 Å². The summed E-state index contributed by atoms with van der Waals surface area (Å²) in [6, 6.07) is 3.72. The van der Waals surface area contributed by atoms with Crippen LogP contribution in [0.1, 0.15) is 43.0 Å². The van der Waals surface area contributed by atoms with Gasteiger partial charge in [0.15, 0.2) is 6.61 Å². The van der Waals surface area contributed by atoms with E-state index in [1.165, 1.54) is 18.6 Å². The standard InChI is InChI=1S/C16H19ClFNO3/c1-10-4-2-3-5-14(10)19-15(20)9-22-16(21)12-8-11(17)6-7-13(12)18/h6-8,10,14H,2-5,9H2,1H3,(H,19,20)/t10-,14-/m0/s1. The third-order valence-electron chi connectivity index (χ3n) is 3.94. The highest BCUT2D eigenvalue weighted by Gasteiger charge is 2.23. The summed E-state index contributed by atoms with van der Waals surface area (Å²) in [5, 5.41) is 3.10. The number of rotatable bonds is 4. The molecule has 0 aliphatic heterocycles. The zero-order valence-corrected chi connectivity index (χ0v) is 13.2. The Morgan fingerprint density at radius 3 is 2.82 bits per heavy atom. The Balaban J connectivity index is 1.85. The topological polar surface area (TPSA) is 55.4 Å². The van der Waals surface area contributed by atoms with Gasteiger partial charge >= 0.3 is 5.97 Å². The fourth-order valence-corrected chi connectivity index (χ4v) is 2.81. The van der Waals surface area contributed by atoms with Crippen molar-refractivity contribution in [2.75, 3.05) is 6.61 Å². The third-order valence-corrected chi connectivity index (χ3v) is 4.18. The molecule has 22 heavy (non-hydrogen) atoms. The van der Waals surface area contributed by atoms with Crippen LogP contribution in [-0.4, -0.2) is 24.5 Å². The summed E-state index contributed by atoms with van der Waals surface area (Å²) in [5.41, 5.74) is -0.272. The summed E-state index contributed by atoms with van der Waals surface area (Å²) in [6.07, 6.45) is 4.28. The summed E-state index contributed by atoms with van der Waals surface area (Å²) in [6.45, 7) is 1.67. The van der Waals surface area contributed by atoms with Gasteiger partial charge in [0.1, 0.15) is 5.82 Å². The van der Waals surface area contributed by atoms with Gasteiger partial charge in [-0.05, 0) is 37.0 Å². The normalized spacial score (nSPS) is 21.2. The van der Waals surface area contributed by atoms with Gasteiger partial charge < -0.3 is 10.1 Å². The minimum absolute atomic E-state index is 0.114. The zero-order chi connectivity index (χ0) is 16.1. The van der Waals surface area contributed by atoms with Crippen LogP contribution in [0.15, 0.2) is 18.2 Å². The molecule has 1 amide bonds. The van der Waals surface area contributed by atoms with Gasteiger partial charge in [-0.1, -0.05) is 31.4 Å². The number of amides is 1. The molecule has 0 saturated heterocycles. The molecular weight excluding hydrogens is 309 g/mol. The molecule has 4 nitrogen and oxygen atoms in total. The van der Waals surface area contributed by atoms with Crippen molar-refractivity contribution in [3.05, 3.63) is 34.6 Å². The van der Waals surface area contributed by atoms with Crippen LogP contribution in [-0.2, 0) is 9.53 Å². The molecule has 1 saturated carbocycles. The van der Waals surface area contributed by atoms with Crippen LogP contribution < -0.4 is 5.32 Å². The highest BCUT2D eigenvalue weighted by molar-refractivity contribution is 6.30. The smallest absolute Gasteiger partial charge is 0.341 e. The SMILES string of the molecule is C[C@H]1CCCC[C@@H]1NC(=O)COC(=O)c1cc(Cl)ccc1F. The molecule has 0 bridgehead atoms. The van der Waals surface area contributed by atoms with Crippen molar-refractivity contribution in [1.29, 1.82) is 0 Å². The first-order valence-corrected chi connectivity index (χ1v) is 7.76. The molecule has 0 radical (unpaired) electrons. The number of esters is 1. The highest BCUT2D eigenvalue weighted by atomic mass is 35.5. The average molecular weight is 328 g/mol. The van der Waals surface area contributed by atoms with E-state index in [1.54, 1.807) is 0 Å². The van der Waals surface area contributed by atoms with E-state index in [-0.39, 0.29) is 22.5 Å². The van der Waals surface area contributed by atoms with Gasteiger partial charge in [0, 0.05) is 11.1 Å². The molecular formula is C16H19ClFNO3. The van der Waals surface area contributed by atoms with Gasteiger partial charge in [0.05, 0.1) is 5.56 Å². The molecule has 0 spiro atoms. The quantitative estimate of drug-likeness (QED) is 0.863.